The van der Waals surface area contributed by atoms with Crippen LogP contribution in [0.4, 0.5) is 8.78 Å². The van der Waals surface area contributed by atoms with Crippen LogP contribution in [0.5, 0.6) is 11.5 Å². The van der Waals surface area contributed by atoms with Crippen molar-refractivity contribution in [3.8, 4) is 11.5 Å². The lowest BCUT2D eigenvalue weighted by molar-refractivity contribution is -0.0508. The highest BCUT2D eigenvalue weighted by atomic mass is 19.3. The fraction of sp³-hybridized carbons (Fsp3) is 0.625. The van der Waals surface area contributed by atoms with Gasteiger partial charge in [-0.15, -0.1) is 0 Å². The molecule has 1 unspecified atom stereocenters. The summed E-state index contributed by atoms with van der Waals surface area (Å²) in [5, 5.41) is 0. The van der Waals surface area contributed by atoms with Crippen LogP contribution in [0.2, 0.25) is 0 Å². The molecule has 0 bridgehead atoms. The van der Waals surface area contributed by atoms with Gasteiger partial charge in [0, 0.05) is 36.7 Å². The number of benzene rings is 1. The van der Waals surface area contributed by atoms with Crippen molar-refractivity contribution in [1.29, 1.82) is 0 Å². The summed E-state index contributed by atoms with van der Waals surface area (Å²) in [6.45, 7) is 1.33. The van der Waals surface area contributed by atoms with Crippen molar-refractivity contribution in [1.82, 2.24) is 4.90 Å². The maximum absolute atomic E-state index is 12.6. The maximum Gasteiger partial charge on any atom is 0.387 e. The van der Waals surface area contributed by atoms with Crippen molar-refractivity contribution in [2.45, 2.75) is 26.0 Å². The molecule has 0 aliphatic carbocycles. The maximum atomic E-state index is 12.6. The smallest absolute Gasteiger partial charge is 0.387 e. The monoisotopic (exact) mass is 313 g/mol. The quantitative estimate of drug-likeness (QED) is 0.836. The average molecular weight is 313 g/mol. The summed E-state index contributed by atoms with van der Waals surface area (Å²) in [4.78, 5) is 2.29. The van der Waals surface area contributed by atoms with E-state index in [4.69, 9.17) is 9.47 Å². The number of likely N-dealkylation sites (tertiary alicyclic amines) is 1. The largest absolute Gasteiger partial charge is 0.497 e. The fourth-order valence-corrected chi connectivity index (χ4v) is 3.37. The van der Waals surface area contributed by atoms with Gasteiger partial charge in [0.1, 0.15) is 11.5 Å². The van der Waals surface area contributed by atoms with Crippen LogP contribution in [0.3, 0.4) is 0 Å². The minimum Gasteiger partial charge on any atom is -0.497 e. The normalized spacial score (nSPS) is 25.3. The van der Waals surface area contributed by atoms with Gasteiger partial charge in [-0.1, -0.05) is 6.07 Å². The molecule has 6 heteroatoms. The Morgan fingerprint density at radius 1 is 1.36 bits per heavy atom. The Morgan fingerprint density at radius 3 is 2.91 bits per heavy atom. The molecule has 0 amide bonds. The van der Waals surface area contributed by atoms with Gasteiger partial charge < -0.3 is 14.2 Å². The van der Waals surface area contributed by atoms with Crippen molar-refractivity contribution in [3.63, 3.8) is 0 Å². The third-order valence-corrected chi connectivity index (χ3v) is 4.59. The molecule has 2 fully saturated rings. The first-order valence-electron chi connectivity index (χ1n) is 7.52. The molecule has 1 aromatic rings. The number of rotatable bonds is 5. The van der Waals surface area contributed by atoms with E-state index < -0.39 is 6.61 Å². The number of nitrogens with zero attached hydrogens (tertiary/aromatic N) is 1. The lowest BCUT2D eigenvalue weighted by Crippen LogP contribution is -2.27. The number of ether oxygens (including phenoxy) is 3. The van der Waals surface area contributed by atoms with E-state index in [9.17, 15) is 8.78 Å². The van der Waals surface area contributed by atoms with Crippen LogP contribution in [0.1, 0.15) is 18.4 Å². The van der Waals surface area contributed by atoms with Crippen LogP contribution in [0.15, 0.2) is 18.2 Å². The molecule has 1 aromatic carbocycles. The topological polar surface area (TPSA) is 30.9 Å². The molecular weight excluding hydrogens is 292 g/mol. The lowest BCUT2D eigenvalue weighted by Gasteiger charge is -2.23. The van der Waals surface area contributed by atoms with Crippen molar-refractivity contribution in [2.75, 3.05) is 33.4 Å². The van der Waals surface area contributed by atoms with Crippen LogP contribution < -0.4 is 9.47 Å². The highest BCUT2D eigenvalue weighted by Crippen LogP contribution is 2.39. The zero-order valence-corrected chi connectivity index (χ0v) is 12.7. The molecule has 2 saturated heterocycles. The molecule has 122 valence electrons. The second-order valence-corrected chi connectivity index (χ2v) is 6.12. The molecule has 2 aliphatic rings. The SMILES string of the molecule is COc1ccc(CN2CCC3(CCOC3)C2)c(OC(F)F)c1. The van der Waals surface area contributed by atoms with E-state index in [1.54, 1.807) is 12.1 Å². The molecule has 3 rings (SSSR count). The predicted octanol–water partition coefficient (Wildman–Crippen LogP) is 2.91. The highest BCUT2D eigenvalue weighted by molar-refractivity contribution is 5.40. The van der Waals surface area contributed by atoms with Crippen molar-refractivity contribution in [3.05, 3.63) is 23.8 Å². The van der Waals surface area contributed by atoms with Crippen LogP contribution in [-0.2, 0) is 11.3 Å². The third kappa shape index (κ3) is 3.33. The Labute approximate surface area is 129 Å². The van der Waals surface area contributed by atoms with E-state index in [-0.39, 0.29) is 11.2 Å². The fourth-order valence-electron chi connectivity index (χ4n) is 3.37. The standard InChI is InChI=1S/C16H21F2NO3/c1-20-13-3-2-12(14(8-13)22-15(17)18)9-19-6-4-16(10-19)5-7-21-11-16/h2-3,8,15H,4-7,9-11H2,1H3. The molecule has 1 spiro atoms. The second kappa shape index (κ2) is 6.38. The molecule has 2 aliphatic heterocycles. The van der Waals surface area contributed by atoms with E-state index >= 15 is 0 Å². The number of methoxy groups -OCH3 is 1. The van der Waals surface area contributed by atoms with E-state index in [0.717, 1.165) is 44.7 Å². The summed E-state index contributed by atoms with van der Waals surface area (Å²) in [5.41, 5.74) is 1.02. The minimum absolute atomic E-state index is 0.193. The Bertz CT molecular complexity index is 518. The van der Waals surface area contributed by atoms with Gasteiger partial charge >= 0.3 is 6.61 Å². The summed E-state index contributed by atoms with van der Waals surface area (Å²) in [5.74, 6) is 0.708. The second-order valence-electron chi connectivity index (χ2n) is 6.12. The minimum atomic E-state index is -2.83. The van der Waals surface area contributed by atoms with E-state index in [2.05, 4.69) is 9.64 Å². The summed E-state index contributed by atoms with van der Waals surface area (Å²) in [6.07, 6.45) is 2.20. The Balaban J connectivity index is 1.71. The van der Waals surface area contributed by atoms with Gasteiger partial charge in [0.05, 0.1) is 13.7 Å². The zero-order chi connectivity index (χ0) is 15.6. The number of hydrogen-bond donors (Lipinski definition) is 0. The number of halogens is 2. The van der Waals surface area contributed by atoms with Crippen molar-refractivity contribution < 1.29 is 23.0 Å². The lowest BCUT2D eigenvalue weighted by atomic mass is 9.87. The molecular formula is C16H21F2NO3. The summed E-state index contributed by atoms with van der Waals surface area (Å²) < 4.78 is 40.4. The molecule has 2 heterocycles. The zero-order valence-electron chi connectivity index (χ0n) is 12.7. The van der Waals surface area contributed by atoms with E-state index in [1.165, 1.54) is 13.2 Å². The van der Waals surface area contributed by atoms with Gasteiger partial charge in [0.2, 0.25) is 0 Å². The van der Waals surface area contributed by atoms with Crippen LogP contribution >= 0.6 is 0 Å². The van der Waals surface area contributed by atoms with Crippen LogP contribution in [0.25, 0.3) is 0 Å². The first-order chi connectivity index (χ1) is 10.6. The van der Waals surface area contributed by atoms with E-state index in [1.807, 2.05) is 0 Å². The Morgan fingerprint density at radius 2 is 2.23 bits per heavy atom. The molecule has 0 aromatic heterocycles. The molecule has 0 N–H and O–H groups in total. The summed E-state index contributed by atoms with van der Waals surface area (Å²) >= 11 is 0. The third-order valence-electron chi connectivity index (χ3n) is 4.59. The van der Waals surface area contributed by atoms with Gasteiger partial charge in [-0.05, 0) is 25.5 Å². The molecule has 22 heavy (non-hydrogen) atoms. The molecule has 0 saturated carbocycles. The Hall–Kier alpha value is -1.40. The van der Waals surface area contributed by atoms with Gasteiger partial charge in [-0.25, -0.2) is 0 Å². The van der Waals surface area contributed by atoms with Crippen molar-refractivity contribution >= 4 is 0 Å². The van der Waals surface area contributed by atoms with Gasteiger partial charge in [0.25, 0.3) is 0 Å². The van der Waals surface area contributed by atoms with Crippen LogP contribution in [0, 0.1) is 5.41 Å². The molecule has 0 radical (unpaired) electrons. The van der Waals surface area contributed by atoms with Gasteiger partial charge in [-0.2, -0.15) is 8.78 Å². The summed E-state index contributed by atoms with van der Waals surface area (Å²) in [6, 6.07) is 5.09. The van der Waals surface area contributed by atoms with E-state index in [0.29, 0.717) is 12.3 Å². The first kappa shape index (κ1) is 15.5. The molecule has 4 nitrogen and oxygen atoms in total. The van der Waals surface area contributed by atoms with Crippen LogP contribution in [-0.4, -0.2) is 44.9 Å². The first-order valence-corrected chi connectivity index (χ1v) is 7.52. The van der Waals surface area contributed by atoms with Gasteiger partial charge in [-0.3, -0.25) is 4.90 Å². The summed E-state index contributed by atoms with van der Waals surface area (Å²) in [7, 11) is 1.51. The predicted molar refractivity (Wildman–Crippen MR) is 77.4 cm³/mol. The number of hydrogen-bond acceptors (Lipinski definition) is 4. The average Bonchev–Trinajstić information content (AvgIpc) is 3.11. The van der Waals surface area contributed by atoms with Gasteiger partial charge in [0.15, 0.2) is 0 Å². The van der Waals surface area contributed by atoms with Crippen molar-refractivity contribution in [2.24, 2.45) is 5.41 Å². The number of alkyl halides is 2. The highest BCUT2D eigenvalue weighted by Gasteiger charge is 2.41. The Kier molecular flexibility index (Phi) is 4.49. The molecule has 1 atom stereocenters.